The maximum atomic E-state index is 13.2. The van der Waals surface area contributed by atoms with Crippen molar-refractivity contribution in [1.82, 2.24) is 9.21 Å². The molecule has 1 heterocycles. The Morgan fingerprint density at radius 3 is 2.46 bits per heavy atom. The summed E-state index contributed by atoms with van der Waals surface area (Å²) in [6, 6.07) is 6.91. The number of sulfonamides is 1. The van der Waals surface area contributed by atoms with Crippen LogP contribution in [-0.4, -0.2) is 62.4 Å². The lowest BCUT2D eigenvalue weighted by molar-refractivity contribution is 0.0296. The van der Waals surface area contributed by atoms with Gasteiger partial charge in [0, 0.05) is 44.5 Å². The summed E-state index contributed by atoms with van der Waals surface area (Å²) in [7, 11) is -3.67. The van der Waals surface area contributed by atoms with Gasteiger partial charge >= 0.3 is 0 Å². The molecular formula is C20H29N3O4S. The molecule has 1 aromatic rings. The lowest BCUT2D eigenvalue weighted by Gasteiger charge is -2.34. The molecule has 0 spiro atoms. The molecule has 0 radical (unpaired) electrons. The molecule has 0 saturated carbocycles. The third-order valence-corrected chi connectivity index (χ3v) is 7.31. The molecule has 0 unspecified atom stereocenters. The Morgan fingerprint density at radius 1 is 1.25 bits per heavy atom. The normalized spacial score (nSPS) is 15.4. The Kier molecular flexibility index (Phi) is 7.98. The van der Waals surface area contributed by atoms with E-state index >= 15 is 0 Å². The van der Waals surface area contributed by atoms with Crippen molar-refractivity contribution in [3.63, 3.8) is 0 Å². The van der Waals surface area contributed by atoms with Crippen molar-refractivity contribution in [2.45, 2.75) is 51.0 Å². The Morgan fingerprint density at radius 2 is 1.89 bits per heavy atom. The number of hydrogen-bond acceptors (Lipinski definition) is 5. The molecule has 2 rings (SSSR count). The number of carbonyl (C=O) groups is 1. The van der Waals surface area contributed by atoms with Gasteiger partial charge in [-0.25, -0.2) is 8.42 Å². The molecule has 0 aliphatic carbocycles. The molecule has 1 amide bonds. The fourth-order valence-electron chi connectivity index (χ4n) is 3.50. The Labute approximate surface area is 167 Å². The highest BCUT2D eigenvalue weighted by atomic mass is 32.2. The van der Waals surface area contributed by atoms with E-state index in [1.54, 1.807) is 37.8 Å². The van der Waals surface area contributed by atoms with Crippen LogP contribution in [0.25, 0.3) is 0 Å². The SMILES string of the molecule is CCN(CC)S(=O)(=O)c1cc(C(=O)N(CCC#N)C2CCOCC2)ccc1C. The van der Waals surface area contributed by atoms with Gasteiger partial charge in [-0.05, 0) is 37.5 Å². The second-order valence-corrected chi connectivity index (χ2v) is 8.73. The minimum Gasteiger partial charge on any atom is -0.381 e. The van der Waals surface area contributed by atoms with Crippen LogP contribution in [0.4, 0.5) is 0 Å². The molecule has 0 N–H and O–H groups in total. The van der Waals surface area contributed by atoms with Gasteiger partial charge in [-0.3, -0.25) is 4.79 Å². The first-order valence-corrected chi connectivity index (χ1v) is 11.2. The van der Waals surface area contributed by atoms with E-state index < -0.39 is 10.0 Å². The Bertz CT molecular complexity index is 822. The van der Waals surface area contributed by atoms with Crippen LogP contribution in [0, 0.1) is 18.3 Å². The van der Waals surface area contributed by atoms with Crippen molar-refractivity contribution in [2.24, 2.45) is 0 Å². The van der Waals surface area contributed by atoms with Gasteiger partial charge in [-0.1, -0.05) is 19.9 Å². The Balaban J connectivity index is 2.39. The first-order chi connectivity index (χ1) is 13.4. The summed E-state index contributed by atoms with van der Waals surface area (Å²) in [6.07, 6.45) is 1.67. The summed E-state index contributed by atoms with van der Waals surface area (Å²) < 4.78 is 32.7. The number of hydrogen-bond donors (Lipinski definition) is 0. The van der Waals surface area contributed by atoms with Gasteiger partial charge in [-0.2, -0.15) is 9.57 Å². The molecule has 1 aromatic carbocycles. The van der Waals surface area contributed by atoms with Gasteiger partial charge in [0.05, 0.1) is 17.4 Å². The second kappa shape index (κ2) is 10.0. The van der Waals surface area contributed by atoms with Crippen molar-refractivity contribution in [2.75, 3.05) is 32.8 Å². The first kappa shape index (κ1) is 22.3. The summed E-state index contributed by atoms with van der Waals surface area (Å²) in [5, 5.41) is 8.97. The first-order valence-electron chi connectivity index (χ1n) is 9.73. The van der Waals surface area contributed by atoms with E-state index in [4.69, 9.17) is 10.00 Å². The van der Waals surface area contributed by atoms with Gasteiger partial charge in [-0.15, -0.1) is 0 Å². The van der Waals surface area contributed by atoms with E-state index in [0.717, 1.165) is 0 Å². The van der Waals surface area contributed by atoms with Crippen molar-refractivity contribution >= 4 is 15.9 Å². The highest BCUT2D eigenvalue weighted by Crippen LogP contribution is 2.24. The van der Waals surface area contributed by atoms with Gasteiger partial charge in [0.1, 0.15) is 0 Å². The third-order valence-electron chi connectivity index (χ3n) is 5.12. The zero-order valence-electron chi connectivity index (χ0n) is 16.8. The smallest absolute Gasteiger partial charge is 0.254 e. The number of nitriles is 1. The van der Waals surface area contributed by atoms with E-state index in [1.165, 1.54) is 10.4 Å². The predicted octanol–water partition coefficient (Wildman–Crippen LogP) is 2.56. The van der Waals surface area contributed by atoms with Crippen LogP contribution in [-0.2, 0) is 14.8 Å². The summed E-state index contributed by atoms with van der Waals surface area (Å²) in [5.74, 6) is -0.238. The molecule has 8 heteroatoms. The van der Waals surface area contributed by atoms with E-state index in [2.05, 4.69) is 6.07 Å². The van der Waals surface area contributed by atoms with Gasteiger partial charge in [0.25, 0.3) is 5.91 Å². The number of benzene rings is 1. The maximum Gasteiger partial charge on any atom is 0.254 e. The van der Waals surface area contributed by atoms with Gasteiger partial charge < -0.3 is 9.64 Å². The molecule has 7 nitrogen and oxygen atoms in total. The number of ether oxygens (including phenoxy) is 1. The molecule has 1 aliphatic heterocycles. The van der Waals surface area contributed by atoms with Crippen LogP contribution in [0.1, 0.15) is 49.0 Å². The van der Waals surface area contributed by atoms with E-state index in [-0.39, 0.29) is 23.3 Å². The number of rotatable bonds is 8. The van der Waals surface area contributed by atoms with E-state index in [0.29, 0.717) is 56.8 Å². The summed E-state index contributed by atoms with van der Waals surface area (Å²) in [5.41, 5.74) is 0.943. The zero-order valence-corrected chi connectivity index (χ0v) is 17.7. The minimum absolute atomic E-state index is 0.00116. The molecule has 0 atom stereocenters. The Hall–Kier alpha value is -1.95. The fraction of sp³-hybridized carbons (Fsp3) is 0.600. The highest BCUT2D eigenvalue weighted by molar-refractivity contribution is 7.89. The number of carbonyl (C=O) groups excluding carboxylic acids is 1. The number of nitrogens with zero attached hydrogens (tertiary/aromatic N) is 3. The molecule has 28 heavy (non-hydrogen) atoms. The molecule has 1 saturated heterocycles. The lowest BCUT2D eigenvalue weighted by atomic mass is 10.0. The van der Waals surface area contributed by atoms with Crippen LogP contribution in [0.15, 0.2) is 23.1 Å². The standard InChI is InChI=1S/C20H29N3O4S/c1-4-22(5-2)28(25,26)19-15-17(8-7-16(19)3)20(24)23(12-6-11-21)18-9-13-27-14-10-18/h7-8,15,18H,4-6,9-10,12-14H2,1-3H3. The lowest BCUT2D eigenvalue weighted by Crippen LogP contribution is -2.44. The van der Waals surface area contributed by atoms with Crippen molar-refractivity contribution in [1.29, 1.82) is 5.26 Å². The quantitative estimate of drug-likeness (QED) is 0.660. The van der Waals surface area contributed by atoms with Crippen LogP contribution in [0.3, 0.4) is 0 Å². The van der Waals surface area contributed by atoms with Crippen molar-refractivity contribution in [3.8, 4) is 6.07 Å². The highest BCUT2D eigenvalue weighted by Gasteiger charge is 2.29. The molecule has 1 aliphatic rings. The predicted molar refractivity (Wildman–Crippen MR) is 106 cm³/mol. The molecule has 0 bridgehead atoms. The monoisotopic (exact) mass is 407 g/mol. The van der Waals surface area contributed by atoms with Crippen LogP contribution in [0.2, 0.25) is 0 Å². The van der Waals surface area contributed by atoms with Crippen molar-refractivity contribution in [3.05, 3.63) is 29.3 Å². The molecular weight excluding hydrogens is 378 g/mol. The zero-order chi connectivity index (χ0) is 20.7. The summed E-state index contributed by atoms with van der Waals surface area (Å²) in [6.45, 7) is 7.54. The summed E-state index contributed by atoms with van der Waals surface area (Å²) >= 11 is 0. The van der Waals surface area contributed by atoms with Crippen LogP contribution >= 0.6 is 0 Å². The average Bonchev–Trinajstić information content (AvgIpc) is 2.70. The van der Waals surface area contributed by atoms with Gasteiger partial charge in [0.2, 0.25) is 10.0 Å². The minimum atomic E-state index is -3.67. The average molecular weight is 408 g/mol. The van der Waals surface area contributed by atoms with E-state index in [9.17, 15) is 13.2 Å². The fourth-order valence-corrected chi connectivity index (χ4v) is 5.21. The van der Waals surface area contributed by atoms with E-state index in [1.807, 2.05) is 0 Å². The summed E-state index contributed by atoms with van der Waals surface area (Å²) in [4.78, 5) is 15.1. The molecule has 154 valence electrons. The van der Waals surface area contributed by atoms with Gasteiger partial charge in [0.15, 0.2) is 0 Å². The van der Waals surface area contributed by atoms with Crippen molar-refractivity contribution < 1.29 is 17.9 Å². The third kappa shape index (κ3) is 4.90. The van der Waals surface area contributed by atoms with Crippen LogP contribution in [0.5, 0.6) is 0 Å². The largest absolute Gasteiger partial charge is 0.381 e. The maximum absolute atomic E-state index is 13.2. The molecule has 1 fully saturated rings. The second-order valence-electron chi connectivity index (χ2n) is 6.82. The van der Waals surface area contributed by atoms with Crippen LogP contribution < -0.4 is 0 Å². The number of amides is 1. The number of aryl methyl sites for hydroxylation is 1. The molecule has 0 aromatic heterocycles. The topological polar surface area (TPSA) is 90.7 Å².